The van der Waals surface area contributed by atoms with Gasteiger partial charge in [0.15, 0.2) is 11.2 Å². The fourth-order valence-electron chi connectivity index (χ4n) is 3.30. The van der Waals surface area contributed by atoms with E-state index in [1.807, 2.05) is 47.8 Å². The number of aryl methyl sites for hydroxylation is 1. The predicted octanol–water partition coefficient (Wildman–Crippen LogP) is 1.40. The molecule has 0 saturated heterocycles. The van der Waals surface area contributed by atoms with Gasteiger partial charge in [0.05, 0.1) is 12.4 Å². The highest BCUT2D eigenvalue weighted by Crippen LogP contribution is 2.25. The number of amides is 1. The Labute approximate surface area is 169 Å². The highest BCUT2D eigenvalue weighted by atomic mass is 32.1. The molecule has 4 rings (SSSR count). The molecule has 0 saturated carbocycles. The van der Waals surface area contributed by atoms with Gasteiger partial charge in [0, 0.05) is 19.0 Å². The van der Waals surface area contributed by atoms with Gasteiger partial charge >= 0.3 is 5.69 Å². The third-order valence-electron chi connectivity index (χ3n) is 4.80. The van der Waals surface area contributed by atoms with Crippen molar-refractivity contribution in [1.82, 2.24) is 24.0 Å². The maximum absolute atomic E-state index is 12.8. The van der Waals surface area contributed by atoms with E-state index in [4.69, 9.17) is 0 Å². The van der Waals surface area contributed by atoms with Crippen molar-refractivity contribution >= 4 is 28.4 Å². The Morgan fingerprint density at radius 3 is 2.55 bits per heavy atom. The Hall–Kier alpha value is -3.46. The molecule has 3 heterocycles. The molecule has 148 valence electrons. The molecule has 0 aliphatic rings. The molecule has 1 aromatic carbocycles. The fourth-order valence-corrected chi connectivity index (χ4v) is 4.10. The first-order valence-electron chi connectivity index (χ1n) is 8.96. The zero-order chi connectivity index (χ0) is 20.5. The number of benzene rings is 1. The number of rotatable bonds is 5. The molecule has 0 spiro atoms. The molecule has 0 radical (unpaired) electrons. The predicted molar refractivity (Wildman–Crippen MR) is 111 cm³/mol. The molecular formula is C20H19N5O3S. The van der Waals surface area contributed by atoms with Crippen molar-refractivity contribution < 1.29 is 4.79 Å². The van der Waals surface area contributed by atoms with Gasteiger partial charge in [0.2, 0.25) is 5.91 Å². The summed E-state index contributed by atoms with van der Waals surface area (Å²) in [6.45, 7) is -0.0847. The summed E-state index contributed by atoms with van der Waals surface area (Å²) >= 11 is 1.56. The average Bonchev–Trinajstić information content (AvgIpc) is 3.40. The third kappa shape index (κ3) is 3.40. The Kier molecular flexibility index (Phi) is 4.89. The Morgan fingerprint density at radius 2 is 1.86 bits per heavy atom. The van der Waals surface area contributed by atoms with Gasteiger partial charge in [-0.2, -0.15) is 0 Å². The molecule has 0 aliphatic carbocycles. The zero-order valence-corrected chi connectivity index (χ0v) is 16.7. The minimum absolute atomic E-state index is 0.0847. The van der Waals surface area contributed by atoms with Crippen LogP contribution in [0, 0.1) is 0 Å². The minimum Gasteiger partial charge on any atom is -0.343 e. The molecule has 0 fully saturated rings. The van der Waals surface area contributed by atoms with Crippen LogP contribution >= 0.6 is 11.3 Å². The number of nitrogens with one attached hydrogen (secondary N) is 1. The van der Waals surface area contributed by atoms with E-state index in [1.54, 1.807) is 18.4 Å². The quantitative estimate of drug-likeness (QED) is 0.539. The molecule has 1 atom stereocenters. The van der Waals surface area contributed by atoms with Gasteiger partial charge in [-0.25, -0.2) is 9.78 Å². The first-order chi connectivity index (χ1) is 14.0. The molecule has 1 amide bonds. The van der Waals surface area contributed by atoms with Crippen LogP contribution < -0.4 is 16.6 Å². The number of thiophene rings is 1. The highest BCUT2D eigenvalue weighted by molar-refractivity contribution is 7.10. The van der Waals surface area contributed by atoms with Crippen LogP contribution in [-0.2, 0) is 25.4 Å². The molecule has 0 aliphatic heterocycles. The number of aromatic nitrogens is 4. The minimum atomic E-state index is -0.480. The monoisotopic (exact) mass is 409 g/mol. The lowest BCUT2D eigenvalue weighted by molar-refractivity contribution is -0.122. The molecule has 9 heteroatoms. The Balaban J connectivity index is 1.66. The molecule has 4 aromatic rings. The number of imidazole rings is 1. The van der Waals surface area contributed by atoms with E-state index >= 15 is 0 Å². The van der Waals surface area contributed by atoms with Gasteiger partial charge in [-0.05, 0) is 17.0 Å². The van der Waals surface area contributed by atoms with Crippen molar-refractivity contribution in [3.63, 3.8) is 0 Å². The van der Waals surface area contributed by atoms with Crippen LogP contribution in [0.25, 0.3) is 11.2 Å². The van der Waals surface area contributed by atoms with Gasteiger partial charge in [-0.15, -0.1) is 11.3 Å². The zero-order valence-electron chi connectivity index (χ0n) is 15.9. The van der Waals surface area contributed by atoms with Gasteiger partial charge < -0.3 is 9.88 Å². The first-order valence-corrected chi connectivity index (χ1v) is 9.84. The second kappa shape index (κ2) is 7.51. The van der Waals surface area contributed by atoms with Gasteiger partial charge in [-0.3, -0.25) is 18.7 Å². The van der Waals surface area contributed by atoms with Gasteiger partial charge in [0.25, 0.3) is 5.56 Å². The number of carbonyl (C=O) groups excluding carboxylic acids is 1. The van der Waals surface area contributed by atoms with Crippen molar-refractivity contribution in [3.8, 4) is 0 Å². The standard InChI is InChI=1S/C20H19N5O3S/c1-23-18-17(19(27)24(2)20(23)28)25(12-21-18)11-15(26)22-16(14-9-6-10-29-14)13-7-4-3-5-8-13/h3-10,12,16H,11H2,1-2H3,(H,22,26)/t16-/m1/s1. The summed E-state index contributed by atoms with van der Waals surface area (Å²) in [5, 5.41) is 5.01. The van der Waals surface area contributed by atoms with E-state index in [9.17, 15) is 14.4 Å². The highest BCUT2D eigenvalue weighted by Gasteiger charge is 2.20. The molecule has 29 heavy (non-hydrogen) atoms. The molecule has 0 unspecified atom stereocenters. The number of nitrogens with zero attached hydrogens (tertiary/aromatic N) is 4. The summed E-state index contributed by atoms with van der Waals surface area (Å²) in [6.07, 6.45) is 1.41. The van der Waals surface area contributed by atoms with E-state index in [0.29, 0.717) is 0 Å². The lowest BCUT2D eigenvalue weighted by Gasteiger charge is -2.18. The van der Waals surface area contributed by atoms with Crippen molar-refractivity contribution in [1.29, 1.82) is 0 Å². The van der Waals surface area contributed by atoms with Crippen LogP contribution in [-0.4, -0.2) is 24.6 Å². The van der Waals surface area contributed by atoms with E-state index in [0.717, 1.165) is 15.0 Å². The van der Waals surface area contributed by atoms with Crippen molar-refractivity contribution in [2.24, 2.45) is 14.1 Å². The van der Waals surface area contributed by atoms with Crippen molar-refractivity contribution in [2.75, 3.05) is 0 Å². The molecule has 1 N–H and O–H groups in total. The van der Waals surface area contributed by atoms with Crippen molar-refractivity contribution in [2.45, 2.75) is 12.6 Å². The summed E-state index contributed by atoms with van der Waals surface area (Å²) in [4.78, 5) is 42.6. The lowest BCUT2D eigenvalue weighted by Crippen LogP contribution is -2.38. The molecule has 3 aromatic heterocycles. The van der Waals surface area contributed by atoms with E-state index in [-0.39, 0.29) is 29.7 Å². The maximum atomic E-state index is 12.8. The number of fused-ring (bicyclic) bond motifs is 1. The Morgan fingerprint density at radius 1 is 1.10 bits per heavy atom. The topological polar surface area (TPSA) is 90.9 Å². The summed E-state index contributed by atoms with van der Waals surface area (Å²) < 4.78 is 3.78. The van der Waals surface area contributed by atoms with Crippen LogP contribution in [0.3, 0.4) is 0 Å². The molecular weight excluding hydrogens is 390 g/mol. The summed E-state index contributed by atoms with van der Waals surface area (Å²) in [5.74, 6) is -0.262. The normalized spacial score (nSPS) is 12.2. The number of hydrogen-bond donors (Lipinski definition) is 1. The molecule has 8 nitrogen and oxygen atoms in total. The lowest BCUT2D eigenvalue weighted by atomic mass is 10.1. The maximum Gasteiger partial charge on any atom is 0.332 e. The number of carbonyl (C=O) groups is 1. The SMILES string of the molecule is Cn1c(=O)c2c(ncn2CC(=O)N[C@H](c2ccccc2)c2cccs2)n(C)c1=O. The molecule has 0 bridgehead atoms. The second-order valence-electron chi connectivity index (χ2n) is 6.68. The first kappa shape index (κ1) is 18.9. The largest absolute Gasteiger partial charge is 0.343 e. The van der Waals surface area contributed by atoms with Gasteiger partial charge in [0.1, 0.15) is 6.54 Å². The number of hydrogen-bond acceptors (Lipinski definition) is 5. The second-order valence-corrected chi connectivity index (χ2v) is 7.66. The van der Waals surface area contributed by atoms with E-state index in [1.165, 1.54) is 22.5 Å². The third-order valence-corrected chi connectivity index (χ3v) is 5.73. The Bertz CT molecular complexity index is 1290. The summed E-state index contributed by atoms with van der Waals surface area (Å²) in [5.41, 5.74) is 0.503. The van der Waals surface area contributed by atoms with Crippen LogP contribution in [0.2, 0.25) is 0 Å². The summed E-state index contributed by atoms with van der Waals surface area (Å²) in [7, 11) is 2.95. The van der Waals surface area contributed by atoms with E-state index in [2.05, 4.69) is 10.3 Å². The smallest absolute Gasteiger partial charge is 0.332 e. The van der Waals surface area contributed by atoms with Gasteiger partial charge in [-0.1, -0.05) is 36.4 Å². The van der Waals surface area contributed by atoms with Crippen molar-refractivity contribution in [3.05, 3.63) is 85.5 Å². The fraction of sp³-hybridized carbons (Fsp3) is 0.200. The van der Waals surface area contributed by atoms with Crippen LogP contribution in [0.4, 0.5) is 0 Å². The van der Waals surface area contributed by atoms with Crippen LogP contribution in [0.5, 0.6) is 0 Å². The summed E-state index contributed by atoms with van der Waals surface area (Å²) in [6, 6.07) is 13.3. The van der Waals surface area contributed by atoms with Crippen LogP contribution in [0.1, 0.15) is 16.5 Å². The average molecular weight is 409 g/mol. The van der Waals surface area contributed by atoms with E-state index < -0.39 is 11.2 Å². The van der Waals surface area contributed by atoms with Crippen LogP contribution in [0.15, 0.2) is 63.8 Å².